The number of sulfonamides is 1. The molecule has 0 unspecified atom stereocenters. The Labute approximate surface area is 170 Å². The summed E-state index contributed by atoms with van der Waals surface area (Å²) in [5.41, 5.74) is 3.29. The van der Waals surface area contributed by atoms with Gasteiger partial charge in [0.1, 0.15) is 5.75 Å². The van der Waals surface area contributed by atoms with Gasteiger partial charge in [0.05, 0.1) is 12.0 Å². The SMILES string of the molecule is COc1ccc(NS(=O)(=O)c2cccc(NC(=O)c3cc(C)cc(C)c3)c2)cc1. The number of hydrogen-bond acceptors (Lipinski definition) is 4. The van der Waals surface area contributed by atoms with E-state index in [1.807, 2.05) is 19.9 Å². The third kappa shape index (κ3) is 5.14. The maximum absolute atomic E-state index is 12.7. The molecule has 0 aromatic heterocycles. The number of amides is 1. The second kappa shape index (κ2) is 8.36. The van der Waals surface area contributed by atoms with Gasteiger partial charge in [0.2, 0.25) is 0 Å². The molecule has 150 valence electrons. The van der Waals surface area contributed by atoms with Crippen molar-refractivity contribution < 1.29 is 17.9 Å². The van der Waals surface area contributed by atoms with E-state index in [9.17, 15) is 13.2 Å². The predicted octanol–water partition coefficient (Wildman–Crippen LogP) is 4.37. The monoisotopic (exact) mass is 410 g/mol. The van der Waals surface area contributed by atoms with Crippen molar-refractivity contribution in [3.8, 4) is 5.75 Å². The number of carbonyl (C=O) groups is 1. The van der Waals surface area contributed by atoms with Crippen LogP contribution in [0.15, 0.2) is 71.6 Å². The van der Waals surface area contributed by atoms with E-state index in [1.165, 1.54) is 19.2 Å². The van der Waals surface area contributed by atoms with Crippen LogP contribution in [0, 0.1) is 13.8 Å². The summed E-state index contributed by atoms with van der Waals surface area (Å²) in [4.78, 5) is 12.6. The van der Waals surface area contributed by atoms with Crippen LogP contribution in [0.4, 0.5) is 11.4 Å². The average Bonchev–Trinajstić information content (AvgIpc) is 2.68. The minimum Gasteiger partial charge on any atom is -0.497 e. The van der Waals surface area contributed by atoms with Gasteiger partial charge in [0.25, 0.3) is 15.9 Å². The lowest BCUT2D eigenvalue weighted by atomic mass is 10.1. The van der Waals surface area contributed by atoms with Gasteiger partial charge in [-0.25, -0.2) is 8.42 Å². The Morgan fingerprint density at radius 2 is 1.52 bits per heavy atom. The molecule has 0 radical (unpaired) electrons. The van der Waals surface area contributed by atoms with Crippen molar-refractivity contribution in [1.82, 2.24) is 0 Å². The molecule has 2 N–H and O–H groups in total. The normalized spacial score (nSPS) is 11.0. The van der Waals surface area contributed by atoms with Crippen molar-refractivity contribution in [2.24, 2.45) is 0 Å². The van der Waals surface area contributed by atoms with Crippen LogP contribution in [0.3, 0.4) is 0 Å². The van der Waals surface area contributed by atoms with E-state index in [1.54, 1.807) is 48.5 Å². The van der Waals surface area contributed by atoms with Gasteiger partial charge in [-0.3, -0.25) is 9.52 Å². The van der Waals surface area contributed by atoms with Crippen LogP contribution < -0.4 is 14.8 Å². The lowest BCUT2D eigenvalue weighted by Gasteiger charge is -2.11. The molecular formula is C22H22N2O4S. The number of nitrogens with one attached hydrogen (secondary N) is 2. The van der Waals surface area contributed by atoms with Crippen molar-refractivity contribution in [3.05, 3.63) is 83.4 Å². The van der Waals surface area contributed by atoms with E-state index in [0.717, 1.165) is 11.1 Å². The molecule has 1 amide bonds. The molecular weight excluding hydrogens is 388 g/mol. The zero-order chi connectivity index (χ0) is 21.0. The summed E-state index contributed by atoms with van der Waals surface area (Å²) < 4.78 is 33.0. The molecule has 0 aliphatic carbocycles. The van der Waals surface area contributed by atoms with Crippen LogP contribution in [0.2, 0.25) is 0 Å². The lowest BCUT2D eigenvalue weighted by Crippen LogP contribution is -2.15. The highest BCUT2D eigenvalue weighted by molar-refractivity contribution is 7.92. The van der Waals surface area contributed by atoms with Crippen LogP contribution in [0.1, 0.15) is 21.5 Å². The van der Waals surface area contributed by atoms with Gasteiger partial charge in [0.15, 0.2) is 0 Å². The first-order valence-corrected chi connectivity index (χ1v) is 10.4. The Bertz CT molecular complexity index is 1120. The van der Waals surface area contributed by atoms with E-state index in [0.29, 0.717) is 22.7 Å². The summed E-state index contributed by atoms with van der Waals surface area (Å²) in [6.45, 7) is 3.84. The third-order valence-corrected chi connectivity index (χ3v) is 5.61. The number of carbonyl (C=O) groups excluding carboxylic acids is 1. The first-order valence-electron chi connectivity index (χ1n) is 8.93. The zero-order valence-corrected chi connectivity index (χ0v) is 17.2. The topological polar surface area (TPSA) is 84.5 Å². The molecule has 0 aliphatic heterocycles. The molecule has 7 heteroatoms. The molecule has 0 saturated heterocycles. The van der Waals surface area contributed by atoms with Gasteiger partial charge in [-0.2, -0.15) is 0 Å². The fourth-order valence-electron chi connectivity index (χ4n) is 2.92. The Hall–Kier alpha value is -3.32. The summed E-state index contributed by atoms with van der Waals surface area (Å²) in [6.07, 6.45) is 0. The highest BCUT2D eigenvalue weighted by Crippen LogP contribution is 2.22. The van der Waals surface area contributed by atoms with E-state index in [4.69, 9.17) is 4.74 Å². The first kappa shape index (κ1) is 20.4. The van der Waals surface area contributed by atoms with Gasteiger partial charge >= 0.3 is 0 Å². The smallest absolute Gasteiger partial charge is 0.261 e. The molecule has 6 nitrogen and oxygen atoms in total. The Kier molecular flexibility index (Phi) is 5.89. The van der Waals surface area contributed by atoms with Crippen molar-refractivity contribution in [3.63, 3.8) is 0 Å². The summed E-state index contributed by atoms with van der Waals surface area (Å²) in [5, 5.41) is 2.76. The van der Waals surface area contributed by atoms with E-state index >= 15 is 0 Å². The third-order valence-electron chi connectivity index (χ3n) is 4.23. The summed E-state index contributed by atoms with van der Waals surface area (Å²) in [5.74, 6) is 0.332. The molecule has 0 fully saturated rings. The van der Waals surface area contributed by atoms with Crippen molar-refractivity contribution in [2.45, 2.75) is 18.7 Å². The van der Waals surface area contributed by atoms with Gasteiger partial charge in [-0.05, 0) is 68.4 Å². The second-order valence-corrected chi connectivity index (χ2v) is 8.37. The number of benzene rings is 3. The fraction of sp³-hybridized carbons (Fsp3) is 0.136. The largest absolute Gasteiger partial charge is 0.497 e. The van der Waals surface area contributed by atoms with Gasteiger partial charge < -0.3 is 10.1 Å². The highest BCUT2D eigenvalue weighted by Gasteiger charge is 2.16. The predicted molar refractivity (Wildman–Crippen MR) is 114 cm³/mol. The van der Waals surface area contributed by atoms with Crippen LogP contribution >= 0.6 is 0 Å². The average molecular weight is 410 g/mol. The molecule has 3 aromatic carbocycles. The molecule has 29 heavy (non-hydrogen) atoms. The Balaban J connectivity index is 1.79. The minimum atomic E-state index is -3.81. The van der Waals surface area contributed by atoms with E-state index < -0.39 is 10.0 Å². The molecule has 0 heterocycles. The van der Waals surface area contributed by atoms with Crippen LogP contribution in [-0.2, 0) is 10.0 Å². The van der Waals surface area contributed by atoms with Crippen LogP contribution in [0.5, 0.6) is 5.75 Å². The van der Waals surface area contributed by atoms with Crippen molar-refractivity contribution in [2.75, 3.05) is 17.1 Å². The molecule has 3 aromatic rings. The summed E-state index contributed by atoms with van der Waals surface area (Å²) in [7, 11) is -2.27. The molecule has 0 spiro atoms. The van der Waals surface area contributed by atoms with E-state index in [2.05, 4.69) is 10.0 Å². The van der Waals surface area contributed by atoms with E-state index in [-0.39, 0.29) is 10.8 Å². The Morgan fingerprint density at radius 1 is 0.862 bits per heavy atom. The number of aryl methyl sites for hydroxylation is 2. The van der Waals surface area contributed by atoms with Crippen LogP contribution in [0.25, 0.3) is 0 Å². The summed E-state index contributed by atoms with van der Waals surface area (Å²) in [6, 6.07) is 18.2. The number of hydrogen-bond donors (Lipinski definition) is 2. The first-order chi connectivity index (χ1) is 13.8. The second-order valence-electron chi connectivity index (χ2n) is 6.69. The maximum atomic E-state index is 12.7. The van der Waals surface area contributed by atoms with Gasteiger partial charge in [-0.15, -0.1) is 0 Å². The fourth-order valence-corrected chi connectivity index (χ4v) is 4.03. The number of anilines is 2. The molecule has 0 bridgehead atoms. The van der Waals surface area contributed by atoms with Gasteiger partial charge in [-0.1, -0.05) is 23.3 Å². The number of rotatable bonds is 6. The minimum absolute atomic E-state index is 0.0477. The lowest BCUT2D eigenvalue weighted by molar-refractivity contribution is 0.102. The molecule has 0 saturated carbocycles. The number of ether oxygens (including phenoxy) is 1. The molecule has 0 aliphatic rings. The quantitative estimate of drug-likeness (QED) is 0.632. The standard InChI is InChI=1S/C22H22N2O4S/c1-15-11-16(2)13-17(12-15)22(25)23-19-5-4-6-21(14-19)29(26,27)24-18-7-9-20(28-3)10-8-18/h4-14,24H,1-3H3,(H,23,25). The molecule has 3 rings (SSSR count). The van der Waals surface area contributed by atoms with Crippen LogP contribution in [-0.4, -0.2) is 21.4 Å². The maximum Gasteiger partial charge on any atom is 0.261 e. The zero-order valence-electron chi connectivity index (χ0n) is 16.4. The van der Waals surface area contributed by atoms with Crippen molar-refractivity contribution in [1.29, 1.82) is 0 Å². The Morgan fingerprint density at radius 3 is 2.14 bits per heavy atom. The molecule has 0 atom stereocenters. The van der Waals surface area contributed by atoms with Crippen molar-refractivity contribution >= 4 is 27.3 Å². The summed E-state index contributed by atoms with van der Waals surface area (Å²) >= 11 is 0. The number of methoxy groups -OCH3 is 1. The highest BCUT2D eigenvalue weighted by atomic mass is 32.2. The van der Waals surface area contributed by atoms with Gasteiger partial charge in [0, 0.05) is 16.9 Å².